The second-order valence-corrected chi connectivity index (χ2v) is 8.84. The van der Waals surface area contributed by atoms with E-state index in [1.54, 1.807) is 0 Å². The Morgan fingerprint density at radius 1 is 1.36 bits per heavy atom. The molecule has 68 valence electrons. The smallest absolute Gasteiger partial charge is 0.0555 e. The van der Waals surface area contributed by atoms with Crippen molar-refractivity contribution in [1.29, 1.82) is 0 Å². The first-order chi connectivity index (χ1) is 5.00. The molecule has 0 rings (SSSR count). The molecule has 0 unspecified atom stereocenters. The summed E-state index contributed by atoms with van der Waals surface area (Å²) in [5.41, 5.74) is 0. The molecule has 0 heterocycles. The van der Waals surface area contributed by atoms with Crippen molar-refractivity contribution in [2.45, 2.75) is 32.0 Å². The Bertz CT molecular complexity index is 104. The van der Waals surface area contributed by atoms with Crippen LogP contribution in [0.3, 0.4) is 0 Å². The van der Waals surface area contributed by atoms with Crippen molar-refractivity contribution in [3.05, 3.63) is 0 Å². The van der Waals surface area contributed by atoms with Gasteiger partial charge in [0.25, 0.3) is 0 Å². The lowest BCUT2D eigenvalue weighted by Gasteiger charge is -2.27. The van der Waals surface area contributed by atoms with Crippen LogP contribution in [0.4, 0.5) is 0 Å². The molecule has 1 nitrogen and oxygen atoms in total. The molecule has 0 saturated heterocycles. The summed E-state index contributed by atoms with van der Waals surface area (Å²) in [4.78, 5) is 0. The topological polar surface area (TPSA) is 9.23 Å². The lowest BCUT2D eigenvalue weighted by atomic mass is 10.2. The second kappa shape index (κ2) is 5.53. The van der Waals surface area contributed by atoms with Crippen LogP contribution in [-0.2, 0) is 4.74 Å². The van der Waals surface area contributed by atoms with Gasteiger partial charge in [-0.3, -0.25) is 0 Å². The fourth-order valence-corrected chi connectivity index (χ4v) is 1.32. The predicted octanol–water partition coefficient (Wildman–Crippen LogP) is 2.70. The zero-order chi connectivity index (χ0) is 8.91. The van der Waals surface area contributed by atoms with Crippen molar-refractivity contribution in [1.82, 2.24) is 0 Å². The molecule has 11 heavy (non-hydrogen) atoms. The highest BCUT2D eigenvalue weighted by atomic mass is 127. The van der Waals surface area contributed by atoms with Crippen LogP contribution < -0.4 is 0 Å². The summed E-state index contributed by atoms with van der Waals surface area (Å²) in [6.45, 7) is 11.2. The molecule has 0 aromatic carbocycles. The summed E-state index contributed by atoms with van der Waals surface area (Å²) in [5, 5.41) is 0.464. The number of hydrogen-bond donors (Lipinski definition) is 0. The highest BCUT2D eigenvalue weighted by Gasteiger charge is 2.23. The van der Waals surface area contributed by atoms with Crippen LogP contribution in [0.15, 0.2) is 0 Å². The summed E-state index contributed by atoms with van der Waals surface area (Å²) >= 11 is 2.34. The Labute approximate surface area is 85.6 Å². The SMILES string of the molecule is C[SiH](C)C(C)(C)COCCI. The average molecular weight is 286 g/mol. The predicted molar refractivity (Wildman–Crippen MR) is 62.6 cm³/mol. The second-order valence-electron chi connectivity index (χ2n) is 3.88. The maximum absolute atomic E-state index is 5.54. The fraction of sp³-hybridized carbons (Fsp3) is 1.00. The molecule has 0 radical (unpaired) electrons. The molecule has 0 aromatic rings. The van der Waals surface area contributed by atoms with Gasteiger partial charge in [0, 0.05) is 19.8 Å². The van der Waals surface area contributed by atoms with E-state index in [2.05, 4.69) is 49.5 Å². The fourth-order valence-electron chi connectivity index (χ4n) is 0.556. The van der Waals surface area contributed by atoms with Crippen molar-refractivity contribution in [3.63, 3.8) is 0 Å². The van der Waals surface area contributed by atoms with Crippen molar-refractivity contribution in [2.24, 2.45) is 0 Å². The van der Waals surface area contributed by atoms with Gasteiger partial charge in [-0.25, -0.2) is 0 Å². The first-order valence-corrected chi connectivity index (χ1v) is 8.55. The first-order valence-electron chi connectivity index (χ1n) is 4.14. The van der Waals surface area contributed by atoms with Gasteiger partial charge in [0.2, 0.25) is 0 Å². The molecule has 0 spiro atoms. The van der Waals surface area contributed by atoms with E-state index in [1.165, 1.54) is 0 Å². The van der Waals surface area contributed by atoms with Gasteiger partial charge in [0.15, 0.2) is 0 Å². The van der Waals surface area contributed by atoms with Gasteiger partial charge in [0.05, 0.1) is 6.61 Å². The number of halogens is 1. The molecule has 3 heteroatoms. The molecule has 0 atom stereocenters. The van der Waals surface area contributed by atoms with Crippen LogP contribution in [0.2, 0.25) is 18.1 Å². The van der Waals surface area contributed by atoms with Crippen LogP contribution in [0.25, 0.3) is 0 Å². The van der Waals surface area contributed by atoms with Gasteiger partial charge in [0.1, 0.15) is 0 Å². The first kappa shape index (κ1) is 11.9. The Balaban J connectivity index is 3.55. The number of hydrogen-bond acceptors (Lipinski definition) is 1. The van der Waals surface area contributed by atoms with E-state index in [4.69, 9.17) is 4.74 Å². The minimum Gasteiger partial charge on any atom is -0.380 e. The van der Waals surface area contributed by atoms with Gasteiger partial charge in [-0.2, -0.15) is 0 Å². The zero-order valence-electron chi connectivity index (χ0n) is 7.98. The highest BCUT2D eigenvalue weighted by Crippen LogP contribution is 2.28. The van der Waals surface area contributed by atoms with Crippen LogP contribution in [0.1, 0.15) is 13.8 Å². The zero-order valence-corrected chi connectivity index (χ0v) is 11.3. The minimum absolute atomic E-state index is 0.464. The van der Waals surface area contributed by atoms with Gasteiger partial charge in [-0.05, 0) is 5.04 Å². The monoisotopic (exact) mass is 286 g/mol. The van der Waals surface area contributed by atoms with Crippen LogP contribution >= 0.6 is 22.6 Å². The summed E-state index contributed by atoms with van der Waals surface area (Å²) in [6.07, 6.45) is 0. The lowest BCUT2D eigenvalue weighted by Crippen LogP contribution is -2.26. The van der Waals surface area contributed by atoms with E-state index in [0.717, 1.165) is 17.6 Å². The highest BCUT2D eigenvalue weighted by molar-refractivity contribution is 14.1. The maximum Gasteiger partial charge on any atom is 0.0555 e. The van der Waals surface area contributed by atoms with Crippen LogP contribution in [-0.4, -0.2) is 26.4 Å². The summed E-state index contributed by atoms with van der Waals surface area (Å²) in [5.74, 6) is 0. The lowest BCUT2D eigenvalue weighted by molar-refractivity contribution is 0.129. The molecule has 0 bridgehead atoms. The molecular formula is C8H19IOSi. The van der Waals surface area contributed by atoms with Crippen molar-refractivity contribution < 1.29 is 4.74 Å². The molecule has 0 aliphatic rings. The van der Waals surface area contributed by atoms with Gasteiger partial charge >= 0.3 is 0 Å². The van der Waals surface area contributed by atoms with Gasteiger partial charge < -0.3 is 4.74 Å². The molecule has 0 amide bonds. The molecule has 0 fully saturated rings. The Kier molecular flexibility index (Phi) is 5.99. The Hall–Kier alpha value is 0.907. The maximum atomic E-state index is 5.54. The normalized spacial score (nSPS) is 12.5. The summed E-state index contributed by atoms with van der Waals surface area (Å²) in [7, 11) is -0.550. The van der Waals surface area contributed by atoms with Crippen LogP contribution in [0, 0.1) is 0 Å². The van der Waals surface area contributed by atoms with E-state index in [0.29, 0.717) is 5.04 Å². The van der Waals surface area contributed by atoms with E-state index >= 15 is 0 Å². The Morgan fingerprint density at radius 3 is 2.27 bits per heavy atom. The van der Waals surface area contributed by atoms with E-state index in [1.807, 2.05) is 0 Å². The quantitative estimate of drug-likeness (QED) is 0.327. The van der Waals surface area contributed by atoms with Gasteiger partial charge in [-0.15, -0.1) is 0 Å². The molecule has 0 aromatic heterocycles. The molecule has 0 saturated carbocycles. The molecule has 0 aliphatic carbocycles. The minimum atomic E-state index is -0.550. The summed E-state index contributed by atoms with van der Waals surface area (Å²) < 4.78 is 6.64. The number of alkyl halides is 1. The average Bonchev–Trinajstić information content (AvgIpc) is 1.88. The van der Waals surface area contributed by atoms with Crippen molar-refractivity contribution >= 4 is 31.4 Å². The van der Waals surface area contributed by atoms with E-state index in [9.17, 15) is 0 Å². The van der Waals surface area contributed by atoms with E-state index in [-0.39, 0.29) is 0 Å². The van der Waals surface area contributed by atoms with E-state index < -0.39 is 8.80 Å². The molecule has 0 N–H and O–H groups in total. The Morgan fingerprint density at radius 2 is 1.91 bits per heavy atom. The van der Waals surface area contributed by atoms with Crippen LogP contribution in [0.5, 0.6) is 0 Å². The number of rotatable bonds is 5. The van der Waals surface area contributed by atoms with Crippen molar-refractivity contribution in [2.75, 3.05) is 17.6 Å². The number of ether oxygens (including phenoxy) is 1. The standard InChI is InChI=1S/C8H19IOSi/c1-8(2,11(3)4)7-10-6-5-9/h11H,5-7H2,1-4H3. The van der Waals surface area contributed by atoms with Crippen molar-refractivity contribution in [3.8, 4) is 0 Å². The third-order valence-electron chi connectivity index (χ3n) is 2.26. The largest absolute Gasteiger partial charge is 0.380 e. The third-order valence-corrected chi connectivity index (χ3v) is 5.99. The molecular weight excluding hydrogens is 267 g/mol. The third kappa shape index (κ3) is 5.19. The molecule has 0 aliphatic heterocycles. The summed E-state index contributed by atoms with van der Waals surface area (Å²) in [6, 6.07) is 0. The van der Waals surface area contributed by atoms with Gasteiger partial charge in [-0.1, -0.05) is 49.5 Å².